The van der Waals surface area contributed by atoms with Crippen LogP contribution in [-0.2, 0) is 16.0 Å². The molecule has 1 heterocycles. The Hall–Kier alpha value is -1.58. The first kappa shape index (κ1) is 14.5. The molecule has 0 fully saturated rings. The zero-order chi connectivity index (χ0) is 13.4. The Labute approximate surface area is 108 Å². The molecule has 18 heavy (non-hydrogen) atoms. The normalized spacial score (nSPS) is 11.9. The van der Waals surface area contributed by atoms with Crippen molar-refractivity contribution in [3.63, 3.8) is 0 Å². The van der Waals surface area contributed by atoms with Gasteiger partial charge in [-0.1, -0.05) is 20.3 Å². The summed E-state index contributed by atoms with van der Waals surface area (Å²) in [5.41, 5.74) is 0.691. The number of rotatable bonds is 7. The molecule has 0 bridgehead atoms. The molecule has 0 aliphatic rings. The molecule has 1 atom stereocenters. The molecule has 0 N–H and O–H groups in total. The molecular weight excluding hydrogens is 230 g/mol. The zero-order valence-corrected chi connectivity index (χ0v) is 11.3. The quantitative estimate of drug-likeness (QED) is 0.699. The number of aromatic nitrogens is 1. The van der Waals surface area contributed by atoms with Crippen LogP contribution in [0.15, 0.2) is 18.3 Å². The number of nitrogens with zero attached hydrogens (tertiary/aromatic N) is 1. The lowest BCUT2D eigenvalue weighted by Crippen LogP contribution is -2.09. The molecule has 0 spiro atoms. The van der Waals surface area contributed by atoms with Crippen molar-refractivity contribution in [1.29, 1.82) is 0 Å². The van der Waals surface area contributed by atoms with E-state index >= 15 is 0 Å². The molecule has 4 heteroatoms. The van der Waals surface area contributed by atoms with Gasteiger partial charge in [0.15, 0.2) is 0 Å². The molecule has 0 radical (unpaired) electrons. The van der Waals surface area contributed by atoms with Crippen molar-refractivity contribution in [2.45, 2.75) is 33.1 Å². The molecule has 1 aromatic heterocycles. The van der Waals surface area contributed by atoms with E-state index in [1.54, 1.807) is 12.3 Å². The Morgan fingerprint density at radius 3 is 2.78 bits per heavy atom. The van der Waals surface area contributed by atoms with E-state index in [0.29, 0.717) is 18.2 Å². The number of ether oxygens (including phenoxy) is 2. The van der Waals surface area contributed by atoms with E-state index in [0.717, 1.165) is 12.2 Å². The van der Waals surface area contributed by atoms with E-state index in [-0.39, 0.29) is 12.4 Å². The summed E-state index contributed by atoms with van der Waals surface area (Å²) in [7, 11) is 1.37. The summed E-state index contributed by atoms with van der Waals surface area (Å²) in [6.07, 6.45) is 4.18. The summed E-state index contributed by atoms with van der Waals surface area (Å²) in [5.74, 6) is 1.00. The molecule has 4 nitrogen and oxygen atoms in total. The highest BCUT2D eigenvalue weighted by molar-refractivity contribution is 5.71. The maximum atomic E-state index is 11.1. The van der Waals surface area contributed by atoms with Crippen molar-refractivity contribution < 1.29 is 14.3 Å². The van der Waals surface area contributed by atoms with Crippen LogP contribution < -0.4 is 4.74 Å². The van der Waals surface area contributed by atoms with Gasteiger partial charge in [0.1, 0.15) is 5.75 Å². The average molecular weight is 251 g/mol. The summed E-state index contributed by atoms with van der Waals surface area (Å²) in [6, 6.07) is 3.63. The smallest absolute Gasteiger partial charge is 0.311 e. The van der Waals surface area contributed by atoms with Gasteiger partial charge in [-0.15, -0.1) is 0 Å². The fraction of sp³-hybridized carbons (Fsp3) is 0.571. The molecule has 0 aliphatic carbocycles. The SMILES string of the molecule is CCCC(C)COc1ccc(CC(=O)OC)nc1. The van der Waals surface area contributed by atoms with Crippen LogP contribution in [0.2, 0.25) is 0 Å². The van der Waals surface area contributed by atoms with Gasteiger partial charge in [0.25, 0.3) is 0 Å². The van der Waals surface area contributed by atoms with Crippen molar-refractivity contribution >= 4 is 5.97 Å². The van der Waals surface area contributed by atoms with Crippen LogP contribution in [-0.4, -0.2) is 24.7 Å². The molecular formula is C14H21NO3. The van der Waals surface area contributed by atoms with E-state index in [2.05, 4.69) is 23.6 Å². The summed E-state index contributed by atoms with van der Waals surface area (Å²) < 4.78 is 10.2. The van der Waals surface area contributed by atoms with Crippen LogP contribution in [0, 0.1) is 5.92 Å². The first-order chi connectivity index (χ1) is 8.65. The van der Waals surface area contributed by atoms with Crippen LogP contribution >= 0.6 is 0 Å². The van der Waals surface area contributed by atoms with E-state index in [1.807, 2.05) is 6.07 Å². The maximum Gasteiger partial charge on any atom is 0.311 e. The van der Waals surface area contributed by atoms with Crippen molar-refractivity contribution in [3.8, 4) is 5.75 Å². The predicted molar refractivity (Wildman–Crippen MR) is 69.5 cm³/mol. The van der Waals surface area contributed by atoms with Crippen LogP contribution in [0.25, 0.3) is 0 Å². The topological polar surface area (TPSA) is 48.4 Å². The lowest BCUT2D eigenvalue weighted by atomic mass is 10.1. The van der Waals surface area contributed by atoms with Crippen LogP contribution in [0.5, 0.6) is 5.75 Å². The van der Waals surface area contributed by atoms with E-state index in [1.165, 1.54) is 13.5 Å². The summed E-state index contributed by atoms with van der Waals surface area (Å²) >= 11 is 0. The molecule has 100 valence electrons. The molecule has 0 saturated carbocycles. The predicted octanol–water partition coefficient (Wildman–Crippen LogP) is 2.61. The number of pyridine rings is 1. The minimum Gasteiger partial charge on any atom is -0.492 e. The van der Waals surface area contributed by atoms with Crippen molar-refractivity contribution in [3.05, 3.63) is 24.0 Å². The third-order valence-electron chi connectivity index (χ3n) is 2.67. The Bertz CT molecular complexity index is 362. The molecule has 0 aromatic carbocycles. The highest BCUT2D eigenvalue weighted by Crippen LogP contribution is 2.13. The van der Waals surface area contributed by atoms with E-state index in [4.69, 9.17) is 4.74 Å². The molecule has 1 unspecified atom stereocenters. The van der Waals surface area contributed by atoms with Gasteiger partial charge in [-0.3, -0.25) is 9.78 Å². The second kappa shape index (κ2) is 7.69. The van der Waals surface area contributed by atoms with Gasteiger partial charge in [-0.05, 0) is 24.5 Å². The van der Waals surface area contributed by atoms with E-state index in [9.17, 15) is 4.79 Å². The maximum absolute atomic E-state index is 11.1. The van der Waals surface area contributed by atoms with Gasteiger partial charge in [0.2, 0.25) is 0 Å². The standard InChI is InChI=1S/C14H21NO3/c1-4-5-11(2)10-18-13-7-6-12(15-9-13)8-14(16)17-3/h6-7,9,11H,4-5,8,10H2,1-3H3. The van der Waals surface area contributed by atoms with Gasteiger partial charge in [-0.25, -0.2) is 0 Å². The zero-order valence-electron chi connectivity index (χ0n) is 11.3. The fourth-order valence-electron chi connectivity index (χ4n) is 1.64. The van der Waals surface area contributed by atoms with E-state index < -0.39 is 0 Å². The second-order valence-electron chi connectivity index (χ2n) is 4.44. The fourth-order valence-corrected chi connectivity index (χ4v) is 1.64. The highest BCUT2D eigenvalue weighted by Gasteiger charge is 2.05. The van der Waals surface area contributed by atoms with Crippen LogP contribution in [0.1, 0.15) is 32.4 Å². The van der Waals surface area contributed by atoms with Crippen LogP contribution in [0.4, 0.5) is 0 Å². The van der Waals surface area contributed by atoms with Gasteiger partial charge in [-0.2, -0.15) is 0 Å². The third-order valence-corrected chi connectivity index (χ3v) is 2.67. The largest absolute Gasteiger partial charge is 0.492 e. The molecule has 0 amide bonds. The first-order valence-electron chi connectivity index (χ1n) is 6.30. The van der Waals surface area contributed by atoms with Gasteiger partial charge in [0, 0.05) is 0 Å². The number of methoxy groups -OCH3 is 1. The Morgan fingerprint density at radius 2 is 2.22 bits per heavy atom. The third kappa shape index (κ3) is 5.17. The summed E-state index contributed by atoms with van der Waals surface area (Å²) in [4.78, 5) is 15.2. The average Bonchev–Trinajstić information content (AvgIpc) is 2.38. The second-order valence-corrected chi connectivity index (χ2v) is 4.44. The molecule has 0 saturated heterocycles. The van der Waals surface area contributed by atoms with Gasteiger partial charge < -0.3 is 9.47 Å². The number of carbonyl (C=O) groups excluding carboxylic acids is 1. The Morgan fingerprint density at radius 1 is 1.44 bits per heavy atom. The van der Waals surface area contributed by atoms with Gasteiger partial charge >= 0.3 is 5.97 Å². The van der Waals surface area contributed by atoms with Crippen molar-refractivity contribution in [1.82, 2.24) is 4.98 Å². The summed E-state index contributed by atoms with van der Waals surface area (Å²) in [6.45, 7) is 5.04. The number of hydrogen-bond acceptors (Lipinski definition) is 4. The minimum absolute atomic E-state index is 0.197. The minimum atomic E-state index is -0.285. The van der Waals surface area contributed by atoms with Crippen LogP contribution in [0.3, 0.4) is 0 Å². The number of hydrogen-bond donors (Lipinski definition) is 0. The molecule has 1 aromatic rings. The van der Waals surface area contributed by atoms with Crippen molar-refractivity contribution in [2.75, 3.05) is 13.7 Å². The lowest BCUT2D eigenvalue weighted by molar-refractivity contribution is -0.139. The lowest BCUT2D eigenvalue weighted by Gasteiger charge is -2.11. The number of esters is 1. The first-order valence-corrected chi connectivity index (χ1v) is 6.30. The van der Waals surface area contributed by atoms with Gasteiger partial charge in [0.05, 0.1) is 32.0 Å². The summed E-state index contributed by atoms with van der Waals surface area (Å²) in [5, 5.41) is 0. The highest BCUT2D eigenvalue weighted by atomic mass is 16.5. The molecule has 1 rings (SSSR count). The number of carbonyl (C=O) groups is 1. The Kier molecular flexibility index (Phi) is 6.19. The molecule has 0 aliphatic heterocycles. The monoisotopic (exact) mass is 251 g/mol. The van der Waals surface area contributed by atoms with Crippen molar-refractivity contribution in [2.24, 2.45) is 5.92 Å². The Balaban J connectivity index is 2.42.